The van der Waals surface area contributed by atoms with Crippen LogP contribution < -0.4 is 20.3 Å². The predicted octanol–water partition coefficient (Wildman–Crippen LogP) is 2.86. The van der Waals surface area contributed by atoms with Gasteiger partial charge >= 0.3 is 0 Å². The first-order valence-electron chi connectivity index (χ1n) is 8.43. The summed E-state index contributed by atoms with van der Waals surface area (Å²) in [6.45, 7) is 2.79. The van der Waals surface area contributed by atoms with Crippen molar-refractivity contribution in [1.29, 1.82) is 0 Å². The van der Waals surface area contributed by atoms with E-state index in [4.69, 9.17) is 9.47 Å². The van der Waals surface area contributed by atoms with Gasteiger partial charge < -0.3 is 19.8 Å². The van der Waals surface area contributed by atoms with E-state index in [2.05, 4.69) is 15.3 Å². The molecule has 1 aromatic heterocycles. The Balaban J connectivity index is 1.71. The molecule has 0 saturated heterocycles. The van der Waals surface area contributed by atoms with Gasteiger partial charge in [0.1, 0.15) is 13.2 Å². The Kier molecular flexibility index (Phi) is 6.33. The van der Waals surface area contributed by atoms with Gasteiger partial charge in [-0.2, -0.15) is 0 Å². The number of aromatic amines is 1. The summed E-state index contributed by atoms with van der Waals surface area (Å²) in [6.07, 6.45) is 4.30. The standard InChI is InChI=1S/C18H21N3O4S2/c1-10-11(17(23)21-18(19-10)27-3)4-5-16(22)20-12-8-13-14(9-15(12)26-2)25-7-6-24-13/h8-9H,4-7H2,1-3H3,(H,20,22)(H,19,21,23). The van der Waals surface area contributed by atoms with Gasteiger partial charge in [-0.05, 0) is 31.9 Å². The van der Waals surface area contributed by atoms with Gasteiger partial charge in [0, 0.05) is 28.6 Å². The van der Waals surface area contributed by atoms with E-state index in [9.17, 15) is 9.59 Å². The van der Waals surface area contributed by atoms with E-state index in [1.165, 1.54) is 23.5 Å². The molecule has 1 amide bonds. The molecule has 0 atom stereocenters. The van der Waals surface area contributed by atoms with Crippen molar-refractivity contribution in [2.75, 3.05) is 31.0 Å². The molecule has 0 saturated carbocycles. The zero-order chi connectivity index (χ0) is 19.4. The Labute approximate surface area is 165 Å². The highest BCUT2D eigenvalue weighted by Crippen LogP contribution is 2.39. The first kappa shape index (κ1) is 19.6. The third kappa shape index (κ3) is 4.59. The number of rotatable bonds is 6. The number of benzene rings is 1. The van der Waals surface area contributed by atoms with E-state index in [0.29, 0.717) is 53.2 Å². The Morgan fingerprint density at radius 3 is 2.56 bits per heavy atom. The molecule has 7 nitrogen and oxygen atoms in total. The number of carbonyl (C=O) groups excluding carboxylic acids is 1. The highest BCUT2D eigenvalue weighted by Gasteiger charge is 2.17. The molecule has 0 bridgehead atoms. The van der Waals surface area contributed by atoms with Crippen molar-refractivity contribution in [2.24, 2.45) is 0 Å². The van der Waals surface area contributed by atoms with Crippen molar-refractivity contribution in [1.82, 2.24) is 9.97 Å². The maximum atomic E-state index is 12.4. The Morgan fingerprint density at radius 2 is 1.93 bits per heavy atom. The molecule has 9 heteroatoms. The van der Waals surface area contributed by atoms with Gasteiger partial charge in [0.05, 0.1) is 5.69 Å². The number of hydrogen-bond acceptors (Lipinski definition) is 7. The van der Waals surface area contributed by atoms with Crippen LogP contribution in [0.2, 0.25) is 0 Å². The van der Waals surface area contributed by atoms with Gasteiger partial charge in [-0.25, -0.2) is 4.98 Å². The highest BCUT2D eigenvalue weighted by atomic mass is 32.2. The van der Waals surface area contributed by atoms with Crippen molar-refractivity contribution in [3.05, 3.63) is 33.7 Å². The Hall–Kier alpha value is -2.13. The third-order valence-corrected chi connectivity index (χ3v) is 5.49. The fourth-order valence-corrected chi connectivity index (χ4v) is 3.74. The molecule has 3 rings (SSSR count). The maximum absolute atomic E-state index is 12.4. The van der Waals surface area contributed by atoms with Gasteiger partial charge in [0.2, 0.25) is 5.91 Å². The van der Waals surface area contributed by atoms with Gasteiger partial charge in [-0.3, -0.25) is 9.59 Å². The van der Waals surface area contributed by atoms with Crippen LogP contribution >= 0.6 is 23.5 Å². The lowest BCUT2D eigenvalue weighted by Crippen LogP contribution is -2.20. The molecule has 27 heavy (non-hydrogen) atoms. The van der Waals surface area contributed by atoms with Crippen LogP contribution in [0.1, 0.15) is 17.7 Å². The van der Waals surface area contributed by atoms with Crippen molar-refractivity contribution >= 4 is 35.1 Å². The van der Waals surface area contributed by atoms with Crippen LogP contribution in [0, 0.1) is 6.92 Å². The van der Waals surface area contributed by atoms with Crippen LogP contribution in [-0.4, -0.2) is 41.6 Å². The molecule has 0 aliphatic carbocycles. The molecular formula is C18H21N3O4S2. The number of anilines is 1. The van der Waals surface area contributed by atoms with Crippen LogP contribution in [0.15, 0.2) is 27.0 Å². The summed E-state index contributed by atoms with van der Waals surface area (Å²) in [5.74, 6) is 1.14. The van der Waals surface area contributed by atoms with E-state index >= 15 is 0 Å². The number of amides is 1. The van der Waals surface area contributed by atoms with E-state index < -0.39 is 0 Å². The van der Waals surface area contributed by atoms with Gasteiger partial charge in [-0.1, -0.05) is 11.8 Å². The number of fused-ring (bicyclic) bond motifs is 1. The number of aromatic nitrogens is 2. The summed E-state index contributed by atoms with van der Waals surface area (Å²) in [5.41, 5.74) is 1.68. The molecule has 2 heterocycles. The van der Waals surface area contributed by atoms with Gasteiger partial charge in [0.15, 0.2) is 16.7 Å². The summed E-state index contributed by atoms with van der Waals surface area (Å²) in [4.78, 5) is 32.6. The van der Waals surface area contributed by atoms with Crippen LogP contribution in [-0.2, 0) is 11.2 Å². The average Bonchev–Trinajstić information content (AvgIpc) is 2.66. The number of carbonyl (C=O) groups is 1. The summed E-state index contributed by atoms with van der Waals surface area (Å²) in [6, 6.07) is 3.65. The van der Waals surface area contributed by atoms with Crippen molar-refractivity contribution < 1.29 is 14.3 Å². The molecule has 2 N–H and O–H groups in total. The monoisotopic (exact) mass is 407 g/mol. The number of nitrogens with one attached hydrogen (secondary N) is 2. The van der Waals surface area contributed by atoms with Crippen molar-refractivity contribution in [2.45, 2.75) is 29.8 Å². The number of nitrogens with zero attached hydrogens (tertiary/aromatic N) is 1. The van der Waals surface area contributed by atoms with Gasteiger partial charge in [-0.15, -0.1) is 11.8 Å². The zero-order valence-corrected chi connectivity index (χ0v) is 17.0. The lowest BCUT2D eigenvalue weighted by molar-refractivity contribution is -0.116. The van der Waals surface area contributed by atoms with Crippen LogP contribution in [0.5, 0.6) is 11.5 Å². The fourth-order valence-electron chi connectivity index (χ4n) is 2.76. The fraction of sp³-hybridized carbons (Fsp3) is 0.389. The molecule has 0 unspecified atom stereocenters. The first-order chi connectivity index (χ1) is 13.0. The Bertz CT molecular complexity index is 914. The molecule has 1 aliphatic rings. The topological polar surface area (TPSA) is 93.3 Å². The van der Waals surface area contributed by atoms with E-state index in [1.54, 1.807) is 13.0 Å². The number of ether oxygens (including phenoxy) is 2. The second-order valence-corrected chi connectivity index (χ2v) is 7.53. The first-order valence-corrected chi connectivity index (χ1v) is 10.9. The quantitative estimate of drug-likeness (QED) is 0.562. The average molecular weight is 408 g/mol. The second kappa shape index (κ2) is 8.71. The predicted molar refractivity (Wildman–Crippen MR) is 108 cm³/mol. The van der Waals surface area contributed by atoms with Gasteiger partial charge in [0.25, 0.3) is 5.56 Å². The second-order valence-electron chi connectivity index (χ2n) is 5.88. The van der Waals surface area contributed by atoms with E-state index in [1.807, 2.05) is 18.6 Å². The summed E-state index contributed by atoms with van der Waals surface area (Å²) >= 11 is 2.89. The molecular weight excluding hydrogens is 386 g/mol. The minimum Gasteiger partial charge on any atom is -0.486 e. The maximum Gasteiger partial charge on any atom is 0.254 e. The SMILES string of the molecule is CSc1nc(C)c(CCC(=O)Nc2cc3c(cc2SC)OCCO3)c(=O)[nH]1. The van der Waals surface area contributed by atoms with Crippen LogP contribution in [0.25, 0.3) is 0 Å². The number of thioether (sulfide) groups is 2. The Morgan fingerprint density at radius 1 is 1.22 bits per heavy atom. The molecule has 1 aromatic carbocycles. The molecule has 0 fully saturated rings. The third-order valence-electron chi connectivity index (χ3n) is 4.13. The highest BCUT2D eigenvalue weighted by molar-refractivity contribution is 7.98. The molecule has 0 spiro atoms. The van der Waals surface area contributed by atoms with E-state index in [0.717, 1.165) is 4.90 Å². The summed E-state index contributed by atoms with van der Waals surface area (Å²) < 4.78 is 11.2. The molecule has 2 aromatic rings. The smallest absolute Gasteiger partial charge is 0.254 e. The minimum absolute atomic E-state index is 0.172. The van der Waals surface area contributed by atoms with Crippen LogP contribution in [0.4, 0.5) is 5.69 Å². The zero-order valence-electron chi connectivity index (χ0n) is 15.4. The summed E-state index contributed by atoms with van der Waals surface area (Å²) in [5, 5.41) is 3.49. The van der Waals surface area contributed by atoms with Crippen molar-refractivity contribution in [3.63, 3.8) is 0 Å². The van der Waals surface area contributed by atoms with Crippen molar-refractivity contribution in [3.8, 4) is 11.5 Å². The normalized spacial score (nSPS) is 12.7. The molecule has 1 aliphatic heterocycles. The van der Waals surface area contributed by atoms with Crippen LogP contribution in [0.3, 0.4) is 0 Å². The largest absolute Gasteiger partial charge is 0.486 e. The number of aryl methyl sites for hydroxylation is 1. The lowest BCUT2D eigenvalue weighted by atomic mass is 10.1. The molecule has 0 radical (unpaired) electrons. The minimum atomic E-state index is -0.191. The number of hydrogen-bond donors (Lipinski definition) is 2. The van der Waals surface area contributed by atoms with E-state index in [-0.39, 0.29) is 17.9 Å². The molecule has 144 valence electrons. The lowest BCUT2D eigenvalue weighted by Gasteiger charge is -2.21. The summed E-state index contributed by atoms with van der Waals surface area (Å²) in [7, 11) is 0. The number of H-pyrrole nitrogens is 1.